The molecule has 2 atom stereocenters. The van der Waals surface area contributed by atoms with Crippen molar-refractivity contribution in [3.63, 3.8) is 0 Å². The van der Waals surface area contributed by atoms with Crippen LogP contribution >= 0.6 is 0 Å². The van der Waals surface area contributed by atoms with E-state index in [0.29, 0.717) is 18.2 Å². The molecule has 0 saturated carbocycles. The zero-order chi connectivity index (χ0) is 15.5. The molecule has 0 aromatic heterocycles. The molecule has 2 aliphatic rings. The van der Waals surface area contributed by atoms with E-state index in [-0.39, 0.29) is 5.41 Å². The van der Waals surface area contributed by atoms with Crippen LogP contribution in [0.4, 0.5) is 0 Å². The second kappa shape index (κ2) is 6.58. The van der Waals surface area contributed by atoms with E-state index in [1.807, 2.05) is 26.2 Å². The topological polar surface area (TPSA) is 52.6 Å². The maximum atomic E-state index is 11.1. The Kier molecular flexibility index (Phi) is 5.01. The van der Waals surface area contributed by atoms with E-state index in [1.54, 1.807) is 6.07 Å². The molecule has 1 aromatic rings. The van der Waals surface area contributed by atoms with Gasteiger partial charge in [0.2, 0.25) is 0 Å². The van der Waals surface area contributed by atoms with Gasteiger partial charge in [-0.3, -0.25) is 0 Å². The van der Waals surface area contributed by atoms with Crippen molar-refractivity contribution in [2.75, 3.05) is 27.7 Å². The van der Waals surface area contributed by atoms with Gasteiger partial charge in [0.1, 0.15) is 12.0 Å². The molecule has 4 nitrogen and oxygen atoms in total. The number of likely N-dealkylation sites (N-methyl/N-ethyl adjacent to an activating group) is 1. The van der Waals surface area contributed by atoms with Crippen molar-refractivity contribution < 1.29 is 9.90 Å². The van der Waals surface area contributed by atoms with Gasteiger partial charge in [0, 0.05) is 17.9 Å². The van der Waals surface area contributed by atoms with E-state index in [9.17, 15) is 9.90 Å². The Bertz CT molecular complexity index is 504. The number of aldehydes is 1. The summed E-state index contributed by atoms with van der Waals surface area (Å²) in [5.74, 6) is 0.316. The van der Waals surface area contributed by atoms with Crippen LogP contribution in [0.25, 0.3) is 0 Å². The van der Waals surface area contributed by atoms with Crippen molar-refractivity contribution in [1.29, 1.82) is 0 Å². The maximum absolute atomic E-state index is 11.1. The van der Waals surface area contributed by atoms with Crippen molar-refractivity contribution in [2.45, 2.75) is 37.1 Å². The smallest absolute Gasteiger partial charge is 0.120 e. The van der Waals surface area contributed by atoms with Gasteiger partial charge < -0.3 is 20.1 Å². The molecular formula is C17H26N2O2. The molecule has 1 aromatic carbocycles. The van der Waals surface area contributed by atoms with Crippen LogP contribution in [0, 0.1) is 0 Å². The SMILES string of the molecule is CN1CCC2(CC=O)CC1Cc1ccc(O)cc12.CNC. The number of hydrogen-bond donors (Lipinski definition) is 2. The van der Waals surface area contributed by atoms with Gasteiger partial charge >= 0.3 is 0 Å². The zero-order valence-corrected chi connectivity index (χ0v) is 13.2. The molecule has 2 bridgehead atoms. The highest BCUT2D eigenvalue weighted by atomic mass is 16.3. The zero-order valence-electron chi connectivity index (χ0n) is 13.2. The third kappa shape index (κ3) is 3.11. The summed E-state index contributed by atoms with van der Waals surface area (Å²) in [6.07, 6.45) is 4.70. The summed E-state index contributed by atoms with van der Waals surface area (Å²) in [5, 5.41) is 12.5. The lowest BCUT2D eigenvalue weighted by Gasteiger charge is -2.49. The minimum atomic E-state index is -0.0365. The summed E-state index contributed by atoms with van der Waals surface area (Å²) in [5.41, 5.74) is 2.47. The largest absolute Gasteiger partial charge is 0.508 e. The van der Waals surface area contributed by atoms with Crippen LogP contribution in [0.3, 0.4) is 0 Å². The lowest BCUT2D eigenvalue weighted by atomic mass is 9.62. The quantitative estimate of drug-likeness (QED) is 0.814. The summed E-state index contributed by atoms with van der Waals surface area (Å²) < 4.78 is 0. The number of phenols is 1. The number of likely N-dealkylation sites (tertiary alicyclic amines) is 1. The van der Waals surface area contributed by atoms with E-state index < -0.39 is 0 Å². The van der Waals surface area contributed by atoms with Crippen LogP contribution in [-0.2, 0) is 16.6 Å². The highest BCUT2D eigenvalue weighted by molar-refractivity contribution is 5.56. The molecular weight excluding hydrogens is 264 g/mol. The average molecular weight is 290 g/mol. The van der Waals surface area contributed by atoms with Gasteiger partial charge in [-0.25, -0.2) is 0 Å². The van der Waals surface area contributed by atoms with Crippen LogP contribution in [0.1, 0.15) is 30.4 Å². The minimum absolute atomic E-state index is 0.0365. The van der Waals surface area contributed by atoms with Gasteiger partial charge in [0.25, 0.3) is 0 Å². The van der Waals surface area contributed by atoms with E-state index in [0.717, 1.165) is 32.1 Å². The van der Waals surface area contributed by atoms with E-state index in [1.165, 1.54) is 11.1 Å². The first-order valence-electron chi connectivity index (χ1n) is 7.61. The van der Waals surface area contributed by atoms with Gasteiger partial charge in [-0.15, -0.1) is 0 Å². The number of nitrogens with one attached hydrogen (secondary N) is 1. The van der Waals surface area contributed by atoms with Gasteiger partial charge in [-0.05, 0) is 70.2 Å². The first-order chi connectivity index (χ1) is 10.1. The summed E-state index contributed by atoms with van der Waals surface area (Å²) >= 11 is 0. The fourth-order valence-electron chi connectivity index (χ4n) is 3.70. The number of carbonyl (C=O) groups is 1. The maximum Gasteiger partial charge on any atom is 0.120 e. The van der Waals surface area contributed by atoms with Crippen molar-refractivity contribution in [3.05, 3.63) is 29.3 Å². The van der Waals surface area contributed by atoms with Crippen molar-refractivity contribution in [2.24, 2.45) is 0 Å². The molecule has 21 heavy (non-hydrogen) atoms. The van der Waals surface area contributed by atoms with Crippen molar-refractivity contribution in [1.82, 2.24) is 10.2 Å². The Morgan fingerprint density at radius 3 is 2.86 bits per heavy atom. The number of aromatic hydroxyl groups is 1. The van der Waals surface area contributed by atoms with Gasteiger partial charge in [0.15, 0.2) is 0 Å². The van der Waals surface area contributed by atoms with Crippen molar-refractivity contribution >= 4 is 6.29 Å². The highest BCUT2D eigenvalue weighted by Crippen LogP contribution is 2.47. The van der Waals surface area contributed by atoms with Crippen LogP contribution < -0.4 is 5.32 Å². The predicted octanol–water partition coefficient (Wildman–Crippen LogP) is 1.70. The predicted molar refractivity (Wildman–Crippen MR) is 84.8 cm³/mol. The number of hydrogen-bond acceptors (Lipinski definition) is 4. The summed E-state index contributed by atoms with van der Waals surface area (Å²) in [6, 6.07) is 6.19. The molecule has 2 unspecified atom stereocenters. The van der Waals surface area contributed by atoms with Gasteiger partial charge in [-0.1, -0.05) is 6.07 Å². The lowest BCUT2D eigenvalue weighted by Crippen LogP contribution is -2.51. The molecule has 1 heterocycles. The van der Waals surface area contributed by atoms with Crippen LogP contribution in [0.2, 0.25) is 0 Å². The molecule has 2 N–H and O–H groups in total. The molecule has 0 radical (unpaired) electrons. The van der Waals surface area contributed by atoms with Gasteiger partial charge in [-0.2, -0.15) is 0 Å². The first-order valence-corrected chi connectivity index (χ1v) is 7.61. The third-order valence-electron chi connectivity index (χ3n) is 4.79. The number of carbonyl (C=O) groups excluding carboxylic acids is 1. The lowest BCUT2D eigenvalue weighted by molar-refractivity contribution is -0.109. The molecule has 1 fully saturated rings. The molecule has 4 heteroatoms. The molecule has 0 spiro atoms. The fraction of sp³-hybridized carbons (Fsp3) is 0.588. The number of nitrogens with zero attached hydrogens (tertiary/aromatic N) is 1. The normalized spacial score (nSPS) is 27.3. The number of phenolic OH excluding ortho intramolecular Hbond substituents is 1. The summed E-state index contributed by atoms with van der Waals surface area (Å²) in [6.45, 7) is 1.04. The standard InChI is InChI=1S/C15H19NO2.C2H7N/c1-16-6-4-15(5-7-17)10-12(16)8-11-2-3-13(18)9-14(11)15;1-3-2/h2-3,7,9,12,18H,4-6,8,10H2,1H3;3H,1-2H3. The molecule has 0 amide bonds. The third-order valence-corrected chi connectivity index (χ3v) is 4.79. The molecule has 1 saturated heterocycles. The number of benzene rings is 1. The first kappa shape index (κ1) is 16.0. The van der Waals surface area contributed by atoms with Crippen LogP contribution in [0.5, 0.6) is 5.75 Å². The molecule has 3 rings (SSSR count). The number of piperidine rings is 1. The van der Waals surface area contributed by atoms with E-state index >= 15 is 0 Å². The minimum Gasteiger partial charge on any atom is -0.508 e. The van der Waals surface area contributed by atoms with Gasteiger partial charge in [0.05, 0.1) is 0 Å². The van der Waals surface area contributed by atoms with E-state index in [4.69, 9.17) is 0 Å². The Hall–Kier alpha value is -1.39. The van der Waals surface area contributed by atoms with Crippen LogP contribution in [0.15, 0.2) is 18.2 Å². The Morgan fingerprint density at radius 2 is 2.19 bits per heavy atom. The Labute approximate surface area is 127 Å². The molecule has 1 aliphatic carbocycles. The average Bonchev–Trinajstić information content (AvgIpc) is 2.46. The fourth-order valence-corrected chi connectivity index (χ4v) is 3.70. The molecule has 1 aliphatic heterocycles. The second-order valence-electron chi connectivity index (χ2n) is 6.29. The van der Waals surface area contributed by atoms with Crippen LogP contribution in [-0.4, -0.2) is 50.0 Å². The number of rotatable bonds is 2. The number of fused-ring (bicyclic) bond motifs is 4. The van der Waals surface area contributed by atoms with Crippen molar-refractivity contribution in [3.8, 4) is 5.75 Å². The Morgan fingerprint density at radius 1 is 1.48 bits per heavy atom. The summed E-state index contributed by atoms with van der Waals surface area (Å²) in [4.78, 5) is 13.5. The second-order valence-corrected chi connectivity index (χ2v) is 6.29. The summed E-state index contributed by atoms with van der Waals surface area (Å²) in [7, 11) is 5.92. The van der Waals surface area contributed by atoms with E-state index in [2.05, 4.69) is 17.3 Å². The highest BCUT2D eigenvalue weighted by Gasteiger charge is 2.44. The Balaban J connectivity index is 0.000000497. The monoisotopic (exact) mass is 290 g/mol. The molecule has 116 valence electrons.